The maximum absolute atomic E-state index is 10.5. The average Bonchev–Trinajstić information content (AvgIpc) is 1.83. The molecular weight excluding hydrogens is 158 g/mol. The summed E-state index contributed by atoms with van der Waals surface area (Å²) in [5.41, 5.74) is 4.22. The molecule has 0 aromatic heterocycles. The Morgan fingerprint density at radius 1 is 1.75 bits per heavy atom. The van der Waals surface area contributed by atoms with Crippen LogP contribution in [0.25, 0.3) is 0 Å². The van der Waals surface area contributed by atoms with E-state index in [9.17, 15) is 4.79 Å². The molecule has 0 aromatic carbocycles. The maximum atomic E-state index is 10.5. The lowest BCUT2D eigenvalue weighted by Crippen LogP contribution is -2.50. The second-order valence-electron chi connectivity index (χ2n) is 3.59. The lowest BCUT2D eigenvalue weighted by Gasteiger charge is -2.29. The number of hydrogen-bond acceptors (Lipinski definition) is 3. The third-order valence-electron chi connectivity index (χ3n) is 2.16. The van der Waals surface area contributed by atoms with Gasteiger partial charge in [-0.3, -0.25) is 4.79 Å². The largest absolute Gasteiger partial charge is 0.480 e. The van der Waals surface area contributed by atoms with E-state index in [0.29, 0.717) is 0 Å². The quantitative estimate of drug-likeness (QED) is 0.643. The highest BCUT2D eigenvalue weighted by Crippen LogP contribution is 2.22. The summed E-state index contributed by atoms with van der Waals surface area (Å²) >= 11 is 0. The van der Waals surface area contributed by atoms with Crippen molar-refractivity contribution >= 4 is 5.97 Å². The molecule has 1 aliphatic rings. The van der Waals surface area contributed by atoms with Crippen molar-refractivity contribution in [3.8, 4) is 0 Å². The first-order valence-corrected chi connectivity index (χ1v) is 4.16. The smallest absolute Gasteiger partial charge is 0.325 e. The maximum Gasteiger partial charge on any atom is 0.325 e. The van der Waals surface area contributed by atoms with Crippen LogP contribution >= 0.6 is 0 Å². The second-order valence-corrected chi connectivity index (χ2v) is 3.59. The zero-order valence-electron chi connectivity index (χ0n) is 7.25. The molecule has 0 spiro atoms. The number of carboxylic acids is 1. The molecule has 0 unspecified atom stereocenters. The van der Waals surface area contributed by atoms with Crippen LogP contribution in [0.2, 0.25) is 0 Å². The molecule has 0 bridgehead atoms. The van der Waals surface area contributed by atoms with E-state index < -0.39 is 11.5 Å². The van der Waals surface area contributed by atoms with Gasteiger partial charge in [0.2, 0.25) is 0 Å². The van der Waals surface area contributed by atoms with Crippen LogP contribution in [0.1, 0.15) is 26.2 Å². The third kappa shape index (κ3) is 2.19. The first kappa shape index (κ1) is 9.48. The Bertz CT molecular complexity index is 175. The predicted molar refractivity (Wildman–Crippen MR) is 43.8 cm³/mol. The molecule has 4 heteroatoms. The number of nitrogens with two attached hydrogens (primary N) is 1. The van der Waals surface area contributed by atoms with Crippen molar-refractivity contribution in [2.24, 2.45) is 5.73 Å². The number of hydrogen-bond donors (Lipinski definition) is 2. The molecule has 0 heterocycles. The second kappa shape index (κ2) is 3.41. The fourth-order valence-corrected chi connectivity index (χ4v) is 0.890. The summed E-state index contributed by atoms with van der Waals surface area (Å²) in [5.74, 6) is -1.01. The normalized spacial score (nSPS) is 22.8. The van der Waals surface area contributed by atoms with Crippen molar-refractivity contribution in [3.05, 3.63) is 0 Å². The molecule has 0 amide bonds. The summed E-state index contributed by atoms with van der Waals surface area (Å²) in [6.45, 7) is 1.57. The van der Waals surface area contributed by atoms with Crippen LogP contribution in [0.5, 0.6) is 0 Å². The SMILES string of the molecule is C[C@@](N)(COC1CCC1)C(=O)O. The summed E-state index contributed by atoms with van der Waals surface area (Å²) in [7, 11) is 0. The summed E-state index contributed by atoms with van der Waals surface area (Å²) in [6.07, 6.45) is 3.50. The van der Waals surface area contributed by atoms with Crippen LogP contribution in [0.15, 0.2) is 0 Å². The van der Waals surface area contributed by atoms with Crippen LogP contribution in [0.4, 0.5) is 0 Å². The molecule has 0 radical (unpaired) electrons. The fraction of sp³-hybridized carbons (Fsp3) is 0.875. The van der Waals surface area contributed by atoms with E-state index in [1.54, 1.807) is 0 Å². The molecule has 1 fully saturated rings. The summed E-state index contributed by atoms with van der Waals surface area (Å²) in [6, 6.07) is 0. The van der Waals surface area contributed by atoms with Crippen LogP contribution in [0.3, 0.4) is 0 Å². The van der Waals surface area contributed by atoms with Gasteiger partial charge < -0.3 is 15.6 Å². The molecular formula is C8H15NO3. The minimum atomic E-state index is -1.24. The van der Waals surface area contributed by atoms with Crippen LogP contribution in [-0.2, 0) is 9.53 Å². The van der Waals surface area contributed by atoms with Gasteiger partial charge in [0, 0.05) is 0 Å². The first-order chi connectivity index (χ1) is 5.52. The predicted octanol–water partition coefficient (Wildman–Crippen LogP) is 0.357. The third-order valence-corrected chi connectivity index (χ3v) is 2.16. The summed E-state index contributed by atoms with van der Waals surface area (Å²) < 4.78 is 5.30. The lowest BCUT2D eigenvalue weighted by molar-refractivity contribution is -0.146. The van der Waals surface area contributed by atoms with Gasteiger partial charge in [-0.2, -0.15) is 0 Å². The Morgan fingerprint density at radius 2 is 2.33 bits per heavy atom. The van der Waals surface area contributed by atoms with E-state index in [4.69, 9.17) is 15.6 Å². The Balaban J connectivity index is 2.24. The molecule has 0 aliphatic heterocycles. The molecule has 0 aromatic rings. The van der Waals surface area contributed by atoms with Gasteiger partial charge in [-0.05, 0) is 26.2 Å². The number of carboxylic acid groups (broad SMARTS) is 1. The molecule has 1 atom stereocenters. The molecule has 1 saturated carbocycles. The Morgan fingerprint density at radius 3 is 2.67 bits per heavy atom. The van der Waals surface area contributed by atoms with Crippen molar-refractivity contribution in [1.29, 1.82) is 0 Å². The minimum absolute atomic E-state index is 0.104. The van der Waals surface area contributed by atoms with Crippen LogP contribution in [0, 0.1) is 0 Å². The zero-order valence-corrected chi connectivity index (χ0v) is 7.25. The monoisotopic (exact) mass is 173 g/mol. The van der Waals surface area contributed by atoms with E-state index in [-0.39, 0.29) is 12.7 Å². The summed E-state index contributed by atoms with van der Waals surface area (Å²) in [4.78, 5) is 10.5. The van der Waals surface area contributed by atoms with Gasteiger partial charge in [-0.25, -0.2) is 0 Å². The van der Waals surface area contributed by atoms with Gasteiger partial charge in [0.15, 0.2) is 0 Å². The molecule has 4 nitrogen and oxygen atoms in total. The van der Waals surface area contributed by atoms with Crippen LogP contribution < -0.4 is 5.73 Å². The number of ether oxygens (including phenoxy) is 1. The molecule has 1 rings (SSSR count). The van der Waals surface area contributed by atoms with E-state index in [1.807, 2.05) is 0 Å². The molecule has 3 N–H and O–H groups in total. The zero-order chi connectivity index (χ0) is 9.19. The number of rotatable bonds is 4. The number of carbonyl (C=O) groups is 1. The van der Waals surface area contributed by atoms with E-state index >= 15 is 0 Å². The Hall–Kier alpha value is -0.610. The molecule has 70 valence electrons. The van der Waals surface area contributed by atoms with Gasteiger partial charge in [0.05, 0.1) is 12.7 Å². The number of aliphatic carboxylic acids is 1. The fourth-order valence-electron chi connectivity index (χ4n) is 0.890. The van der Waals surface area contributed by atoms with Crippen molar-refractivity contribution in [2.45, 2.75) is 37.8 Å². The van der Waals surface area contributed by atoms with Gasteiger partial charge in [0.25, 0.3) is 0 Å². The molecule has 12 heavy (non-hydrogen) atoms. The highest BCUT2D eigenvalue weighted by Gasteiger charge is 2.30. The van der Waals surface area contributed by atoms with E-state index in [0.717, 1.165) is 12.8 Å². The van der Waals surface area contributed by atoms with Crippen molar-refractivity contribution < 1.29 is 14.6 Å². The van der Waals surface area contributed by atoms with E-state index in [2.05, 4.69) is 0 Å². The molecule has 0 saturated heterocycles. The standard InChI is InChI=1S/C8H15NO3/c1-8(9,7(10)11)5-12-6-3-2-4-6/h6H,2-5,9H2,1H3,(H,10,11)/t8-/m1/s1. The van der Waals surface area contributed by atoms with Gasteiger partial charge in [-0.15, -0.1) is 0 Å². The molecule has 1 aliphatic carbocycles. The van der Waals surface area contributed by atoms with E-state index in [1.165, 1.54) is 13.3 Å². The van der Waals surface area contributed by atoms with Crippen LogP contribution in [-0.4, -0.2) is 29.3 Å². The Kier molecular flexibility index (Phi) is 2.69. The topological polar surface area (TPSA) is 72.5 Å². The minimum Gasteiger partial charge on any atom is -0.480 e. The van der Waals surface area contributed by atoms with Crippen molar-refractivity contribution in [3.63, 3.8) is 0 Å². The van der Waals surface area contributed by atoms with Gasteiger partial charge >= 0.3 is 5.97 Å². The van der Waals surface area contributed by atoms with Gasteiger partial charge in [-0.1, -0.05) is 0 Å². The highest BCUT2D eigenvalue weighted by molar-refractivity contribution is 5.77. The lowest BCUT2D eigenvalue weighted by atomic mass is 9.96. The summed E-state index contributed by atoms with van der Waals surface area (Å²) in [5, 5.41) is 8.64. The first-order valence-electron chi connectivity index (χ1n) is 4.16. The average molecular weight is 173 g/mol. The van der Waals surface area contributed by atoms with Gasteiger partial charge in [0.1, 0.15) is 5.54 Å². The van der Waals surface area contributed by atoms with Crippen molar-refractivity contribution in [2.75, 3.05) is 6.61 Å². The highest BCUT2D eigenvalue weighted by atomic mass is 16.5. The Labute approximate surface area is 71.7 Å². The van der Waals surface area contributed by atoms with Crippen molar-refractivity contribution in [1.82, 2.24) is 0 Å².